The second-order valence-corrected chi connectivity index (χ2v) is 8.66. The van der Waals surface area contributed by atoms with E-state index in [0.29, 0.717) is 11.5 Å². The Bertz CT molecular complexity index is 1360. The molecule has 0 aliphatic carbocycles. The lowest BCUT2D eigenvalue weighted by atomic mass is 10.0. The molecular formula is C21H19FN4O3S. The molecule has 0 saturated heterocycles. The van der Waals surface area contributed by atoms with Crippen molar-refractivity contribution in [2.45, 2.75) is 24.3 Å². The first-order chi connectivity index (χ1) is 14.3. The largest absolute Gasteiger partial charge is 0.361 e. The van der Waals surface area contributed by atoms with Gasteiger partial charge in [0.05, 0.1) is 16.6 Å². The predicted molar refractivity (Wildman–Crippen MR) is 111 cm³/mol. The highest BCUT2D eigenvalue weighted by Gasteiger charge is 2.24. The van der Waals surface area contributed by atoms with Crippen LogP contribution >= 0.6 is 0 Å². The number of hydrogen-bond donors (Lipinski definition) is 3. The Morgan fingerprint density at radius 1 is 1.13 bits per heavy atom. The number of nitrogens with one attached hydrogen (secondary N) is 3. The molecule has 4 aromatic rings. The number of aryl methyl sites for hydroxylation is 1. The molecule has 2 aromatic heterocycles. The van der Waals surface area contributed by atoms with Crippen LogP contribution in [-0.2, 0) is 16.4 Å². The van der Waals surface area contributed by atoms with Gasteiger partial charge in [-0.15, -0.1) is 0 Å². The minimum absolute atomic E-state index is 0.0746. The molecule has 2 heterocycles. The third-order valence-corrected chi connectivity index (χ3v) is 6.24. The number of fused-ring (bicyclic) bond motifs is 1. The van der Waals surface area contributed by atoms with Crippen LogP contribution in [0.4, 0.5) is 4.39 Å². The zero-order chi connectivity index (χ0) is 21.3. The number of benzene rings is 2. The molecule has 2 aromatic carbocycles. The van der Waals surface area contributed by atoms with Crippen LogP contribution in [0.25, 0.3) is 10.9 Å². The number of halogens is 1. The second-order valence-electron chi connectivity index (χ2n) is 6.95. The fraction of sp³-hybridized carbons (Fsp3) is 0.143. The minimum Gasteiger partial charge on any atom is -0.361 e. The van der Waals surface area contributed by atoms with Gasteiger partial charge in [0.1, 0.15) is 11.6 Å². The van der Waals surface area contributed by atoms with Crippen molar-refractivity contribution in [3.8, 4) is 0 Å². The lowest BCUT2D eigenvalue weighted by Gasteiger charge is -2.18. The molecule has 0 unspecified atom stereocenters. The highest BCUT2D eigenvalue weighted by Crippen LogP contribution is 2.25. The number of para-hydroxylation sites is 1. The number of aromatic nitrogens is 3. The van der Waals surface area contributed by atoms with E-state index in [0.717, 1.165) is 28.6 Å². The molecule has 0 spiro atoms. The molecule has 0 radical (unpaired) electrons. The molecule has 7 nitrogen and oxygen atoms in total. The Morgan fingerprint density at radius 2 is 1.87 bits per heavy atom. The van der Waals surface area contributed by atoms with Gasteiger partial charge < -0.3 is 9.97 Å². The summed E-state index contributed by atoms with van der Waals surface area (Å²) in [5.74, 6) is -0.154. The van der Waals surface area contributed by atoms with Crippen LogP contribution in [0.2, 0.25) is 0 Å². The van der Waals surface area contributed by atoms with Gasteiger partial charge in [-0.25, -0.2) is 22.5 Å². The van der Waals surface area contributed by atoms with E-state index in [9.17, 15) is 17.6 Å². The maximum absolute atomic E-state index is 13.2. The van der Waals surface area contributed by atoms with Crippen molar-refractivity contribution in [1.29, 1.82) is 0 Å². The average molecular weight is 426 g/mol. The highest BCUT2D eigenvalue weighted by atomic mass is 32.2. The summed E-state index contributed by atoms with van der Waals surface area (Å²) in [4.78, 5) is 22.0. The number of sulfonamides is 1. The zero-order valence-electron chi connectivity index (χ0n) is 16.0. The summed E-state index contributed by atoms with van der Waals surface area (Å²) in [5.41, 5.74) is 1.72. The fourth-order valence-electron chi connectivity index (χ4n) is 3.38. The van der Waals surface area contributed by atoms with E-state index in [4.69, 9.17) is 0 Å². The fourth-order valence-corrected chi connectivity index (χ4v) is 4.59. The number of hydrogen-bond acceptors (Lipinski definition) is 4. The van der Waals surface area contributed by atoms with E-state index in [1.165, 1.54) is 18.2 Å². The van der Waals surface area contributed by atoms with E-state index in [1.807, 2.05) is 30.5 Å². The number of rotatable bonds is 6. The van der Waals surface area contributed by atoms with E-state index >= 15 is 0 Å². The molecule has 0 fully saturated rings. The third-order valence-electron chi connectivity index (χ3n) is 4.76. The summed E-state index contributed by atoms with van der Waals surface area (Å²) in [7, 11) is -3.99. The van der Waals surface area contributed by atoms with Crippen LogP contribution in [0.3, 0.4) is 0 Å². The SMILES string of the molecule is Cc1nc([C@H](Cc2c[nH]c3ccccc23)NS(=O)(=O)c2ccc(F)cc2)cc(=O)[nH]1. The molecule has 9 heteroatoms. The van der Waals surface area contributed by atoms with E-state index in [1.54, 1.807) is 6.92 Å². The van der Waals surface area contributed by atoms with Crippen LogP contribution < -0.4 is 10.3 Å². The Kier molecular flexibility index (Phi) is 5.23. The normalized spacial score (nSPS) is 12.9. The topological polar surface area (TPSA) is 108 Å². The van der Waals surface area contributed by atoms with Crippen molar-refractivity contribution in [3.05, 3.63) is 94.0 Å². The first-order valence-corrected chi connectivity index (χ1v) is 10.7. The molecule has 0 amide bonds. The minimum atomic E-state index is -3.99. The van der Waals surface area contributed by atoms with Crippen molar-refractivity contribution in [1.82, 2.24) is 19.7 Å². The quantitative estimate of drug-likeness (QED) is 0.440. The average Bonchev–Trinajstić information content (AvgIpc) is 3.10. The third kappa shape index (κ3) is 4.17. The van der Waals surface area contributed by atoms with Crippen molar-refractivity contribution < 1.29 is 12.8 Å². The summed E-state index contributed by atoms with van der Waals surface area (Å²) in [6, 6.07) is 12.7. The van der Waals surface area contributed by atoms with Gasteiger partial charge in [-0.2, -0.15) is 0 Å². The smallest absolute Gasteiger partial charge is 0.251 e. The van der Waals surface area contributed by atoms with Gasteiger partial charge >= 0.3 is 0 Å². The molecule has 0 saturated carbocycles. The van der Waals surface area contributed by atoms with Crippen LogP contribution in [0.1, 0.15) is 23.1 Å². The first-order valence-electron chi connectivity index (χ1n) is 9.22. The molecule has 154 valence electrons. The van der Waals surface area contributed by atoms with E-state index in [-0.39, 0.29) is 16.9 Å². The van der Waals surface area contributed by atoms with Crippen molar-refractivity contribution in [2.75, 3.05) is 0 Å². The maximum atomic E-state index is 13.2. The van der Waals surface area contributed by atoms with Crippen molar-refractivity contribution in [3.63, 3.8) is 0 Å². The summed E-state index contributed by atoms with van der Waals surface area (Å²) >= 11 is 0. The summed E-state index contributed by atoms with van der Waals surface area (Å²) < 4.78 is 41.7. The molecule has 0 aliphatic rings. The maximum Gasteiger partial charge on any atom is 0.251 e. The lowest BCUT2D eigenvalue weighted by Crippen LogP contribution is -2.32. The molecule has 0 aliphatic heterocycles. The molecule has 3 N–H and O–H groups in total. The summed E-state index contributed by atoms with van der Waals surface area (Å²) in [5, 5.41) is 0.949. The summed E-state index contributed by atoms with van der Waals surface area (Å²) in [6.45, 7) is 1.63. The molecular weight excluding hydrogens is 407 g/mol. The number of H-pyrrole nitrogens is 2. The van der Waals surface area contributed by atoms with Gasteiger partial charge in [0.2, 0.25) is 10.0 Å². The van der Waals surface area contributed by atoms with Gasteiger partial charge in [-0.3, -0.25) is 4.79 Å². The van der Waals surface area contributed by atoms with Crippen LogP contribution in [0.15, 0.2) is 70.5 Å². The van der Waals surface area contributed by atoms with Crippen LogP contribution in [0, 0.1) is 12.7 Å². The monoisotopic (exact) mass is 426 g/mol. The summed E-state index contributed by atoms with van der Waals surface area (Å²) in [6.07, 6.45) is 2.07. The Morgan fingerprint density at radius 3 is 2.60 bits per heavy atom. The Hall–Kier alpha value is -3.30. The molecule has 30 heavy (non-hydrogen) atoms. The van der Waals surface area contributed by atoms with Crippen molar-refractivity contribution in [2.24, 2.45) is 0 Å². The second kappa shape index (κ2) is 7.85. The van der Waals surface area contributed by atoms with Gasteiger partial charge in [0, 0.05) is 23.2 Å². The van der Waals surface area contributed by atoms with Crippen LogP contribution in [0.5, 0.6) is 0 Å². The van der Waals surface area contributed by atoms with Crippen LogP contribution in [-0.4, -0.2) is 23.4 Å². The van der Waals surface area contributed by atoms with Gasteiger partial charge in [-0.05, 0) is 49.2 Å². The van der Waals surface area contributed by atoms with Gasteiger partial charge in [0.15, 0.2) is 0 Å². The predicted octanol–water partition coefficient (Wildman–Crippen LogP) is 2.96. The molecule has 4 rings (SSSR count). The molecule has 0 bridgehead atoms. The number of nitrogens with zero attached hydrogens (tertiary/aromatic N) is 1. The Labute approximate surface area is 172 Å². The molecule has 1 atom stereocenters. The zero-order valence-corrected chi connectivity index (χ0v) is 16.8. The number of aromatic amines is 2. The van der Waals surface area contributed by atoms with E-state index < -0.39 is 21.9 Å². The highest BCUT2D eigenvalue weighted by molar-refractivity contribution is 7.89. The first kappa shape index (κ1) is 20.0. The van der Waals surface area contributed by atoms with Gasteiger partial charge in [0.25, 0.3) is 5.56 Å². The van der Waals surface area contributed by atoms with Crippen molar-refractivity contribution >= 4 is 20.9 Å². The lowest BCUT2D eigenvalue weighted by molar-refractivity contribution is 0.548. The Balaban J connectivity index is 1.75. The van der Waals surface area contributed by atoms with Gasteiger partial charge in [-0.1, -0.05) is 18.2 Å². The van der Waals surface area contributed by atoms with E-state index in [2.05, 4.69) is 19.7 Å². The standard InChI is InChI=1S/C21H19FN4O3S/c1-13-24-19(11-21(27)25-13)20(10-14-12-23-18-5-3-2-4-17(14)18)26-30(28,29)16-8-6-15(22)7-9-16/h2-9,11-12,20,23,26H,10H2,1H3,(H,24,25,27)/t20-/m0/s1.